The van der Waals surface area contributed by atoms with Crippen molar-refractivity contribution in [1.82, 2.24) is 0 Å². The second-order valence-corrected chi connectivity index (χ2v) is 18.9. The van der Waals surface area contributed by atoms with Crippen LogP contribution in [-0.4, -0.2) is 18.4 Å². The predicted octanol–water partition coefficient (Wildman–Crippen LogP) is 3.47. The summed E-state index contributed by atoms with van der Waals surface area (Å²) in [6.45, 7) is 0. The van der Waals surface area contributed by atoms with Crippen molar-refractivity contribution in [2.75, 3.05) is 0 Å². The van der Waals surface area contributed by atoms with Crippen LogP contribution in [0.1, 0.15) is 6.42 Å². The summed E-state index contributed by atoms with van der Waals surface area (Å²) in [5.41, 5.74) is 0. The number of halogens is 1. The van der Waals surface area contributed by atoms with E-state index < -0.39 is 18.4 Å². The quantitative estimate of drug-likeness (QED) is 0.651. The van der Waals surface area contributed by atoms with Crippen molar-refractivity contribution < 1.29 is 0 Å². The molecule has 0 atom stereocenters. The van der Waals surface area contributed by atoms with Gasteiger partial charge in [0.15, 0.2) is 0 Å². The number of hydrogen-bond acceptors (Lipinski definition) is 0. The van der Waals surface area contributed by atoms with Crippen molar-refractivity contribution in [1.29, 1.82) is 0 Å². The van der Waals surface area contributed by atoms with Crippen LogP contribution in [0.15, 0.2) is 20.2 Å². The first-order chi connectivity index (χ1) is 4.52. The van der Waals surface area contributed by atoms with Crippen molar-refractivity contribution in [3.63, 3.8) is 0 Å². The summed E-state index contributed by atoms with van der Waals surface area (Å²) in [7, 11) is 0. The molecule has 0 aromatic carbocycles. The average Bonchev–Trinajstić information content (AvgIpc) is 2.11. The van der Waals surface area contributed by atoms with Gasteiger partial charge in [0, 0.05) is 0 Å². The van der Waals surface area contributed by atoms with E-state index in [2.05, 4.69) is 42.9 Å². The SMILES string of the molecule is [CH3][Sn]([CH3])([CH3])[C]1=CCC=C1Br. The Balaban J connectivity index is 2.85. The van der Waals surface area contributed by atoms with Crippen LogP contribution in [0.2, 0.25) is 14.8 Å². The Labute approximate surface area is 75.4 Å². The van der Waals surface area contributed by atoms with Crippen LogP contribution >= 0.6 is 15.9 Å². The number of rotatable bonds is 1. The third-order valence-corrected chi connectivity index (χ3v) is 9.44. The first-order valence-corrected chi connectivity index (χ1v) is 14.4. The monoisotopic (exact) mass is 308 g/mol. The van der Waals surface area contributed by atoms with E-state index in [4.69, 9.17) is 0 Å². The van der Waals surface area contributed by atoms with Gasteiger partial charge in [0.25, 0.3) is 0 Å². The molecular weight excluding hydrogens is 295 g/mol. The Morgan fingerprint density at radius 1 is 1.30 bits per heavy atom. The van der Waals surface area contributed by atoms with Crippen LogP contribution in [0, 0.1) is 0 Å². The van der Waals surface area contributed by atoms with Crippen molar-refractivity contribution in [3.8, 4) is 0 Å². The van der Waals surface area contributed by atoms with Crippen molar-refractivity contribution in [2.24, 2.45) is 0 Å². The normalized spacial score (nSPS) is 18.8. The summed E-state index contributed by atoms with van der Waals surface area (Å²) in [6.07, 6.45) is 5.78. The second kappa shape index (κ2) is 3.01. The summed E-state index contributed by atoms with van der Waals surface area (Å²) < 4.78 is 3.02. The summed E-state index contributed by atoms with van der Waals surface area (Å²) in [4.78, 5) is 7.34. The van der Waals surface area contributed by atoms with Gasteiger partial charge in [-0.15, -0.1) is 0 Å². The van der Waals surface area contributed by atoms with E-state index in [0.717, 1.165) is 6.42 Å². The Kier molecular flexibility index (Phi) is 2.67. The van der Waals surface area contributed by atoms with Crippen molar-refractivity contribution >= 4 is 34.3 Å². The first-order valence-electron chi connectivity index (χ1n) is 3.58. The van der Waals surface area contributed by atoms with Gasteiger partial charge >= 0.3 is 75.8 Å². The van der Waals surface area contributed by atoms with Crippen LogP contribution in [0.4, 0.5) is 0 Å². The average molecular weight is 308 g/mol. The maximum absolute atomic E-state index is 3.59. The Morgan fingerprint density at radius 2 is 1.90 bits per heavy atom. The van der Waals surface area contributed by atoms with Gasteiger partial charge in [0.05, 0.1) is 0 Å². The Morgan fingerprint density at radius 3 is 2.10 bits per heavy atom. The zero-order chi connectivity index (χ0) is 7.78. The standard InChI is InChI=1S/C5H4Br.3CH3.Sn/c6-5-3-1-2-4-5;;;;/h1,4H,2H2;3*1H3;. The molecule has 1 aliphatic rings. The van der Waals surface area contributed by atoms with Gasteiger partial charge in [0.1, 0.15) is 0 Å². The van der Waals surface area contributed by atoms with E-state index in [0.29, 0.717) is 0 Å². The molecule has 0 saturated heterocycles. The van der Waals surface area contributed by atoms with Crippen molar-refractivity contribution in [2.45, 2.75) is 21.2 Å². The molecule has 0 N–H and O–H groups in total. The summed E-state index contributed by atoms with van der Waals surface area (Å²) >= 11 is 1.86. The third-order valence-electron chi connectivity index (χ3n) is 1.68. The fourth-order valence-electron chi connectivity index (χ4n) is 1.15. The van der Waals surface area contributed by atoms with Crippen LogP contribution in [0.5, 0.6) is 0 Å². The molecule has 0 aromatic heterocycles. The molecule has 0 unspecified atom stereocenters. The van der Waals surface area contributed by atoms with E-state index in [-0.39, 0.29) is 0 Å². The van der Waals surface area contributed by atoms with Gasteiger partial charge in [-0.3, -0.25) is 0 Å². The van der Waals surface area contributed by atoms with Gasteiger partial charge in [-0.2, -0.15) is 0 Å². The van der Waals surface area contributed by atoms with E-state index >= 15 is 0 Å². The molecule has 1 rings (SSSR count). The fraction of sp³-hybridized carbons (Fsp3) is 0.500. The molecule has 10 heavy (non-hydrogen) atoms. The number of allylic oxidation sites excluding steroid dienone is 4. The molecular formula is C8H13BrSn. The zero-order valence-corrected chi connectivity index (χ0v) is 11.2. The zero-order valence-electron chi connectivity index (χ0n) is 6.74. The predicted molar refractivity (Wildman–Crippen MR) is 53.1 cm³/mol. The molecule has 0 aromatic rings. The van der Waals surface area contributed by atoms with Crippen LogP contribution in [-0.2, 0) is 0 Å². The summed E-state index contributed by atoms with van der Waals surface area (Å²) in [5.74, 6) is 0. The first kappa shape index (κ1) is 8.85. The van der Waals surface area contributed by atoms with Crippen molar-refractivity contribution in [3.05, 3.63) is 20.2 Å². The Bertz CT molecular complexity index is 196. The molecule has 0 bridgehead atoms. The molecule has 0 amide bonds. The van der Waals surface area contributed by atoms with Gasteiger partial charge in [-0.1, -0.05) is 0 Å². The number of hydrogen-bond donors (Lipinski definition) is 0. The molecule has 0 nitrogen and oxygen atoms in total. The Hall–Kier alpha value is 0.759. The summed E-state index contributed by atoms with van der Waals surface area (Å²) in [5, 5.41) is 0. The van der Waals surface area contributed by atoms with Gasteiger partial charge in [-0.05, 0) is 0 Å². The molecule has 1 aliphatic carbocycles. The minimum atomic E-state index is -1.73. The van der Waals surface area contributed by atoms with Gasteiger partial charge in [0.2, 0.25) is 0 Å². The van der Waals surface area contributed by atoms with E-state index in [1.165, 1.54) is 4.48 Å². The van der Waals surface area contributed by atoms with E-state index in [9.17, 15) is 0 Å². The molecule has 0 aliphatic heterocycles. The van der Waals surface area contributed by atoms with E-state index in [1.807, 2.05) is 0 Å². The van der Waals surface area contributed by atoms with Crippen LogP contribution < -0.4 is 0 Å². The third kappa shape index (κ3) is 1.88. The topological polar surface area (TPSA) is 0 Å². The molecule has 0 saturated carbocycles. The molecule has 0 heterocycles. The van der Waals surface area contributed by atoms with E-state index in [1.54, 1.807) is 3.59 Å². The van der Waals surface area contributed by atoms with Crippen LogP contribution in [0.3, 0.4) is 0 Å². The van der Waals surface area contributed by atoms with Gasteiger partial charge in [-0.25, -0.2) is 0 Å². The van der Waals surface area contributed by atoms with Crippen LogP contribution in [0.25, 0.3) is 0 Å². The molecule has 56 valence electrons. The second-order valence-electron chi connectivity index (χ2n) is 3.66. The summed E-state index contributed by atoms with van der Waals surface area (Å²) in [6, 6.07) is 0. The minimum absolute atomic E-state index is 1.14. The molecule has 0 radical (unpaired) electrons. The molecule has 0 fully saturated rings. The van der Waals surface area contributed by atoms with Gasteiger partial charge < -0.3 is 0 Å². The maximum atomic E-state index is 3.59. The molecule has 2 heteroatoms. The molecule has 0 spiro atoms. The fourth-order valence-corrected chi connectivity index (χ4v) is 9.91.